The van der Waals surface area contributed by atoms with Gasteiger partial charge in [0.05, 0.1) is 0 Å². The van der Waals surface area contributed by atoms with Gasteiger partial charge in [-0.15, -0.1) is 5.46 Å². The van der Waals surface area contributed by atoms with Crippen molar-refractivity contribution in [2.24, 2.45) is 0 Å². The van der Waals surface area contributed by atoms with Crippen molar-refractivity contribution in [2.75, 3.05) is 0 Å². The molecule has 0 N–H and O–H groups in total. The van der Waals surface area contributed by atoms with Crippen molar-refractivity contribution >= 4 is 22.5 Å². The Morgan fingerprint density at radius 1 is 0.889 bits per heavy atom. The number of unbranched alkanes of at least 4 members (excludes halogenated alkanes) is 4. The van der Waals surface area contributed by atoms with Crippen LogP contribution in [0.5, 0.6) is 0 Å². The quantitative estimate of drug-likeness (QED) is 0.160. The van der Waals surface area contributed by atoms with Crippen LogP contribution in [-0.4, -0.2) is 6.15 Å². The van der Waals surface area contributed by atoms with E-state index < -0.39 is 6.15 Å². The molecule has 27 heavy (non-hydrogen) atoms. The summed E-state index contributed by atoms with van der Waals surface area (Å²) < 4.78 is 2.42. The lowest BCUT2D eigenvalue weighted by molar-refractivity contribution is -0.660. The molecule has 0 unspecified atom stereocenters. The van der Waals surface area contributed by atoms with E-state index in [2.05, 4.69) is 68.4 Å². The molecule has 0 amide bonds. The molecular formula is C25H40BN. The number of rotatable bonds is 13. The first-order chi connectivity index (χ1) is 13.2. The van der Waals surface area contributed by atoms with Crippen molar-refractivity contribution in [3.8, 4) is 0 Å². The van der Waals surface area contributed by atoms with Gasteiger partial charge >= 0.3 is 0 Å². The van der Waals surface area contributed by atoms with Crippen molar-refractivity contribution in [1.29, 1.82) is 0 Å². The molecule has 0 spiro atoms. The standard InChI is InChI=1S/C25H40BN/c1-5-9-14-19-26(17-10-6-2,18-11-7-3)24-21-23-15-12-13-16-25(23)27(22-24)20-8-4/h8,12-13,15-16,21-22H,4-7,9-11,14,17-20H2,1-3H3. The fourth-order valence-corrected chi connectivity index (χ4v) is 4.87. The fourth-order valence-electron chi connectivity index (χ4n) is 4.87. The second kappa shape index (κ2) is 11.3. The lowest BCUT2D eigenvalue weighted by Gasteiger charge is -2.40. The van der Waals surface area contributed by atoms with Gasteiger partial charge in [0.1, 0.15) is 6.20 Å². The molecule has 0 aliphatic rings. The van der Waals surface area contributed by atoms with E-state index in [1.807, 2.05) is 6.08 Å². The van der Waals surface area contributed by atoms with E-state index in [9.17, 15) is 0 Å². The van der Waals surface area contributed by atoms with Gasteiger partial charge in [0, 0.05) is 17.6 Å². The van der Waals surface area contributed by atoms with Crippen LogP contribution in [0.3, 0.4) is 0 Å². The maximum absolute atomic E-state index is 4.00. The number of allylic oxidation sites excluding steroid dienone is 1. The lowest BCUT2D eigenvalue weighted by Crippen LogP contribution is -2.51. The molecule has 0 saturated heterocycles. The molecule has 2 rings (SSSR count). The Morgan fingerprint density at radius 3 is 2.15 bits per heavy atom. The van der Waals surface area contributed by atoms with E-state index in [4.69, 9.17) is 0 Å². The minimum atomic E-state index is -0.487. The first-order valence-electron chi connectivity index (χ1n) is 11.4. The number of fused-ring (bicyclic) bond motifs is 1. The van der Waals surface area contributed by atoms with Crippen LogP contribution in [0, 0.1) is 0 Å². The summed E-state index contributed by atoms with van der Waals surface area (Å²) in [4.78, 5) is 0. The van der Waals surface area contributed by atoms with Gasteiger partial charge in [-0.2, -0.15) is 23.5 Å². The molecule has 0 radical (unpaired) electrons. The number of benzene rings is 1. The highest BCUT2D eigenvalue weighted by molar-refractivity contribution is 6.91. The summed E-state index contributed by atoms with van der Waals surface area (Å²) in [5.41, 5.74) is 2.94. The van der Waals surface area contributed by atoms with E-state index in [-0.39, 0.29) is 0 Å². The molecule has 2 heteroatoms. The minimum Gasteiger partial charge on any atom is -0.198 e. The number of pyridine rings is 1. The zero-order valence-corrected chi connectivity index (χ0v) is 18.1. The van der Waals surface area contributed by atoms with Crippen LogP contribution in [0.25, 0.3) is 10.9 Å². The number of hydrogen-bond acceptors (Lipinski definition) is 0. The van der Waals surface area contributed by atoms with Crippen LogP contribution >= 0.6 is 0 Å². The molecule has 1 heterocycles. The fraction of sp³-hybridized carbons (Fsp3) is 0.560. The van der Waals surface area contributed by atoms with Gasteiger partial charge in [-0.3, -0.25) is 0 Å². The molecule has 0 atom stereocenters. The number of para-hydroxylation sites is 1. The molecule has 0 saturated carbocycles. The smallest absolute Gasteiger partial charge is 0.198 e. The summed E-state index contributed by atoms with van der Waals surface area (Å²) in [6.07, 6.45) is 17.5. The van der Waals surface area contributed by atoms with Gasteiger partial charge in [-0.1, -0.05) is 90.5 Å². The van der Waals surface area contributed by atoms with E-state index in [0.29, 0.717) is 0 Å². The Bertz CT molecular complexity index is 699. The third-order valence-corrected chi connectivity index (χ3v) is 6.49. The topological polar surface area (TPSA) is 3.88 Å². The SMILES string of the molecule is C=CC[n+]1cc([B-](CCCC)(CCCC)CCCCC)cc2ccccc21. The highest BCUT2D eigenvalue weighted by Gasteiger charge is 2.27. The van der Waals surface area contributed by atoms with Crippen molar-refractivity contribution in [1.82, 2.24) is 0 Å². The van der Waals surface area contributed by atoms with Gasteiger partial charge in [-0.05, 0) is 12.1 Å². The number of hydrogen-bond donors (Lipinski definition) is 0. The molecular weight excluding hydrogens is 325 g/mol. The van der Waals surface area contributed by atoms with Crippen LogP contribution in [-0.2, 0) is 6.54 Å². The normalized spacial score (nSPS) is 11.8. The average molecular weight is 365 g/mol. The Kier molecular flexibility index (Phi) is 9.11. The van der Waals surface area contributed by atoms with Gasteiger partial charge in [0.2, 0.25) is 5.52 Å². The van der Waals surface area contributed by atoms with Gasteiger partial charge in [0.25, 0.3) is 0 Å². The highest BCUT2D eigenvalue weighted by atomic mass is 14.9. The van der Waals surface area contributed by atoms with E-state index >= 15 is 0 Å². The second-order valence-electron chi connectivity index (χ2n) is 8.53. The zero-order chi connectivity index (χ0) is 19.5. The van der Waals surface area contributed by atoms with E-state index in [0.717, 1.165) is 6.54 Å². The third kappa shape index (κ3) is 5.70. The molecule has 0 aliphatic heterocycles. The van der Waals surface area contributed by atoms with E-state index in [1.54, 1.807) is 5.46 Å². The molecule has 148 valence electrons. The van der Waals surface area contributed by atoms with Crippen molar-refractivity contribution in [2.45, 2.75) is 91.2 Å². The summed E-state index contributed by atoms with van der Waals surface area (Å²) in [6, 6.07) is 11.4. The van der Waals surface area contributed by atoms with Crippen molar-refractivity contribution in [3.63, 3.8) is 0 Å². The summed E-state index contributed by atoms with van der Waals surface area (Å²) in [5.74, 6) is 0. The average Bonchev–Trinajstić information content (AvgIpc) is 2.70. The summed E-state index contributed by atoms with van der Waals surface area (Å²) in [6.45, 7) is 11.9. The molecule has 1 aromatic carbocycles. The minimum absolute atomic E-state index is 0.487. The molecule has 0 bridgehead atoms. The number of aromatic nitrogens is 1. The van der Waals surface area contributed by atoms with Gasteiger partial charge in [-0.25, -0.2) is 0 Å². The zero-order valence-electron chi connectivity index (χ0n) is 18.1. The van der Waals surface area contributed by atoms with E-state index in [1.165, 1.54) is 74.8 Å². The van der Waals surface area contributed by atoms with Crippen LogP contribution in [0.4, 0.5) is 0 Å². The van der Waals surface area contributed by atoms with Gasteiger partial charge < -0.3 is 0 Å². The van der Waals surface area contributed by atoms with Crippen LogP contribution in [0.1, 0.15) is 65.7 Å². The summed E-state index contributed by atoms with van der Waals surface area (Å²) in [7, 11) is 0. The first kappa shape index (κ1) is 21.7. The predicted molar refractivity (Wildman–Crippen MR) is 123 cm³/mol. The highest BCUT2D eigenvalue weighted by Crippen LogP contribution is 2.29. The second-order valence-corrected chi connectivity index (χ2v) is 8.53. The van der Waals surface area contributed by atoms with Crippen LogP contribution < -0.4 is 10.0 Å². The third-order valence-electron chi connectivity index (χ3n) is 6.49. The van der Waals surface area contributed by atoms with Crippen molar-refractivity contribution in [3.05, 3.63) is 49.2 Å². The Balaban J connectivity index is 2.54. The van der Waals surface area contributed by atoms with Crippen molar-refractivity contribution < 1.29 is 4.57 Å². The lowest BCUT2D eigenvalue weighted by atomic mass is 9.16. The Hall–Kier alpha value is -1.57. The molecule has 0 aliphatic carbocycles. The number of nitrogens with zero attached hydrogens (tertiary/aromatic N) is 1. The molecule has 1 aromatic heterocycles. The first-order valence-corrected chi connectivity index (χ1v) is 11.4. The molecule has 0 fully saturated rings. The molecule has 2 aromatic rings. The maximum atomic E-state index is 4.00. The van der Waals surface area contributed by atoms with Crippen LogP contribution in [0.15, 0.2) is 49.2 Å². The maximum Gasteiger partial charge on any atom is 0.212 e. The Labute approximate surface area is 167 Å². The summed E-state index contributed by atoms with van der Waals surface area (Å²) >= 11 is 0. The Morgan fingerprint density at radius 2 is 1.52 bits per heavy atom. The monoisotopic (exact) mass is 365 g/mol. The predicted octanol–water partition coefficient (Wildman–Crippen LogP) is 6.76. The van der Waals surface area contributed by atoms with Crippen LogP contribution in [0.2, 0.25) is 19.0 Å². The largest absolute Gasteiger partial charge is 0.212 e. The summed E-state index contributed by atoms with van der Waals surface area (Å²) in [5, 5.41) is 1.38. The molecule has 1 nitrogen and oxygen atoms in total. The van der Waals surface area contributed by atoms with Gasteiger partial charge in [0.15, 0.2) is 6.54 Å².